The number of hydrogen-bond acceptors (Lipinski definition) is 6. The molecular formula is C15H19F3N6O. The zero-order valence-corrected chi connectivity index (χ0v) is 14.2. The fraction of sp³-hybridized carbons (Fsp3) is 0.667. The Morgan fingerprint density at radius 3 is 2.56 bits per heavy atom. The van der Waals surface area contributed by atoms with Gasteiger partial charge in [-0.15, -0.1) is 15.3 Å². The second kappa shape index (κ2) is 5.53. The number of rotatable bonds is 1. The first kappa shape index (κ1) is 16.5. The van der Waals surface area contributed by atoms with Crippen molar-refractivity contribution < 1.29 is 17.9 Å². The predicted molar refractivity (Wildman–Crippen MR) is 83.6 cm³/mol. The highest BCUT2D eigenvalue weighted by Gasteiger charge is 2.41. The third kappa shape index (κ3) is 2.54. The van der Waals surface area contributed by atoms with Crippen molar-refractivity contribution in [1.29, 1.82) is 0 Å². The van der Waals surface area contributed by atoms with Crippen molar-refractivity contribution in [2.45, 2.75) is 32.2 Å². The van der Waals surface area contributed by atoms with Crippen molar-refractivity contribution in [3.8, 4) is 0 Å². The first-order chi connectivity index (χ1) is 11.8. The molecule has 2 fully saturated rings. The molecule has 4 heterocycles. The molecule has 0 unspecified atom stereocenters. The van der Waals surface area contributed by atoms with Gasteiger partial charge < -0.3 is 9.64 Å². The van der Waals surface area contributed by atoms with Crippen LogP contribution in [0.2, 0.25) is 0 Å². The standard InChI is InChI=1S/C15H19F3N6O/c1-8-9(2)13(21-24-12(8)19-20-14(24)15(16,17)18)23-6-10-11(7-23)25-5-4-22(10)3/h10-11H,4-7H2,1-3H3/t10-,11+/m0/s1. The number of morpholine rings is 1. The number of ether oxygens (including phenoxy) is 1. The topological polar surface area (TPSA) is 58.8 Å². The van der Waals surface area contributed by atoms with Gasteiger partial charge in [0.05, 0.1) is 18.8 Å². The lowest BCUT2D eigenvalue weighted by atomic mass is 10.1. The molecule has 0 bridgehead atoms. The normalized spacial score (nSPS) is 25.0. The van der Waals surface area contributed by atoms with Crippen LogP contribution in [-0.4, -0.2) is 70.1 Å². The average Bonchev–Trinajstić information content (AvgIpc) is 3.14. The van der Waals surface area contributed by atoms with Gasteiger partial charge in [-0.05, 0) is 20.9 Å². The number of nitrogens with zero attached hydrogens (tertiary/aromatic N) is 6. The number of fused-ring (bicyclic) bond motifs is 2. The lowest BCUT2D eigenvalue weighted by Crippen LogP contribution is -2.48. The van der Waals surface area contributed by atoms with Gasteiger partial charge in [0.15, 0.2) is 11.5 Å². The fourth-order valence-corrected chi connectivity index (χ4v) is 3.62. The van der Waals surface area contributed by atoms with E-state index in [4.69, 9.17) is 4.74 Å². The Morgan fingerprint density at radius 2 is 1.88 bits per heavy atom. The third-order valence-electron chi connectivity index (χ3n) is 5.20. The van der Waals surface area contributed by atoms with Gasteiger partial charge in [-0.3, -0.25) is 4.90 Å². The number of halogens is 3. The highest BCUT2D eigenvalue weighted by Crippen LogP contribution is 2.32. The molecule has 2 atom stereocenters. The number of anilines is 1. The average molecular weight is 356 g/mol. The van der Waals surface area contributed by atoms with E-state index < -0.39 is 12.0 Å². The van der Waals surface area contributed by atoms with Crippen LogP contribution >= 0.6 is 0 Å². The summed E-state index contributed by atoms with van der Waals surface area (Å²) in [6.45, 7) is 6.39. The molecule has 0 aliphatic carbocycles. The molecule has 0 N–H and O–H groups in total. The maximum atomic E-state index is 13.2. The number of likely N-dealkylation sites (N-methyl/N-ethyl adjacent to an activating group) is 1. The van der Waals surface area contributed by atoms with E-state index in [9.17, 15) is 13.2 Å². The summed E-state index contributed by atoms with van der Waals surface area (Å²) in [6, 6.07) is 0.217. The molecule has 10 heteroatoms. The van der Waals surface area contributed by atoms with Gasteiger partial charge in [-0.1, -0.05) is 0 Å². The van der Waals surface area contributed by atoms with Crippen molar-refractivity contribution in [3.05, 3.63) is 17.0 Å². The lowest BCUT2D eigenvalue weighted by molar-refractivity contribution is -0.146. The number of aryl methyl sites for hydroxylation is 1. The van der Waals surface area contributed by atoms with Gasteiger partial charge in [0.2, 0.25) is 0 Å². The Kier molecular flexibility index (Phi) is 3.66. The molecule has 2 aliphatic heterocycles. The largest absolute Gasteiger partial charge is 0.453 e. The van der Waals surface area contributed by atoms with Gasteiger partial charge in [0, 0.05) is 30.8 Å². The number of hydrogen-bond donors (Lipinski definition) is 0. The molecule has 2 saturated heterocycles. The van der Waals surface area contributed by atoms with Gasteiger partial charge in [0.1, 0.15) is 0 Å². The summed E-state index contributed by atoms with van der Waals surface area (Å²) in [6.07, 6.45) is -4.56. The van der Waals surface area contributed by atoms with Crippen molar-refractivity contribution >= 4 is 11.5 Å². The highest BCUT2D eigenvalue weighted by molar-refractivity contribution is 5.60. The van der Waals surface area contributed by atoms with Crippen molar-refractivity contribution in [2.75, 3.05) is 38.2 Å². The van der Waals surface area contributed by atoms with Crippen LogP contribution in [0, 0.1) is 13.8 Å². The van der Waals surface area contributed by atoms with Crippen molar-refractivity contribution in [3.63, 3.8) is 0 Å². The van der Waals surface area contributed by atoms with E-state index in [1.807, 2.05) is 18.9 Å². The summed E-state index contributed by atoms with van der Waals surface area (Å²) in [5, 5.41) is 11.2. The Morgan fingerprint density at radius 1 is 1.12 bits per heavy atom. The van der Waals surface area contributed by atoms with E-state index in [-0.39, 0.29) is 17.8 Å². The van der Waals surface area contributed by atoms with E-state index in [2.05, 4.69) is 20.2 Å². The van der Waals surface area contributed by atoms with E-state index in [1.165, 1.54) is 0 Å². The summed E-state index contributed by atoms with van der Waals surface area (Å²) in [5.41, 5.74) is 1.60. The predicted octanol–water partition coefficient (Wildman–Crippen LogP) is 1.28. The molecule has 0 radical (unpaired) electrons. The Bertz CT molecular complexity index is 820. The molecule has 25 heavy (non-hydrogen) atoms. The van der Waals surface area contributed by atoms with Crippen LogP contribution in [0.3, 0.4) is 0 Å². The lowest BCUT2D eigenvalue weighted by Gasteiger charge is -2.33. The summed E-state index contributed by atoms with van der Waals surface area (Å²) in [4.78, 5) is 4.23. The first-order valence-electron chi connectivity index (χ1n) is 8.14. The maximum Gasteiger partial charge on any atom is 0.453 e. The second-order valence-corrected chi connectivity index (χ2v) is 6.69. The van der Waals surface area contributed by atoms with Gasteiger partial charge >= 0.3 is 6.18 Å². The fourth-order valence-electron chi connectivity index (χ4n) is 3.62. The Hall–Kier alpha value is -1.94. The molecule has 7 nitrogen and oxygen atoms in total. The summed E-state index contributed by atoms with van der Waals surface area (Å²) < 4.78 is 46.2. The molecule has 0 amide bonds. The minimum atomic E-state index is -4.60. The molecule has 4 rings (SSSR count). The smallest absolute Gasteiger partial charge is 0.373 e. The number of aromatic nitrogens is 4. The molecule has 2 aliphatic rings. The Labute approximate surface area is 142 Å². The van der Waals surface area contributed by atoms with Crippen LogP contribution in [0.25, 0.3) is 5.65 Å². The molecule has 0 aromatic carbocycles. The van der Waals surface area contributed by atoms with Crippen LogP contribution in [-0.2, 0) is 10.9 Å². The van der Waals surface area contributed by atoms with Gasteiger partial charge in [0.25, 0.3) is 5.82 Å². The summed E-state index contributed by atoms with van der Waals surface area (Å²) in [7, 11) is 2.04. The van der Waals surface area contributed by atoms with Crippen molar-refractivity contribution in [1.82, 2.24) is 24.7 Å². The second-order valence-electron chi connectivity index (χ2n) is 6.69. The summed E-state index contributed by atoms with van der Waals surface area (Å²) >= 11 is 0. The SMILES string of the molecule is Cc1c(N2C[C@H]3OCCN(C)[C@H]3C2)nn2c(C(F)(F)F)nnc2c1C. The molecular weight excluding hydrogens is 337 g/mol. The van der Waals surface area contributed by atoms with Crippen LogP contribution in [0.1, 0.15) is 17.0 Å². The van der Waals surface area contributed by atoms with Crippen LogP contribution < -0.4 is 4.90 Å². The first-order valence-corrected chi connectivity index (χ1v) is 8.14. The van der Waals surface area contributed by atoms with Gasteiger partial charge in [-0.2, -0.15) is 17.7 Å². The summed E-state index contributed by atoms with van der Waals surface area (Å²) in [5.74, 6) is -0.571. The maximum absolute atomic E-state index is 13.2. The van der Waals surface area contributed by atoms with Crippen molar-refractivity contribution in [2.24, 2.45) is 0 Å². The van der Waals surface area contributed by atoms with Crippen LogP contribution in [0.4, 0.5) is 19.0 Å². The molecule has 0 spiro atoms. The van der Waals surface area contributed by atoms with E-state index >= 15 is 0 Å². The molecule has 2 aromatic heterocycles. The minimum absolute atomic E-state index is 0.0407. The molecule has 2 aromatic rings. The molecule has 136 valence electrons. The zero-order valence-electron chi connectivity index (χ0n) is 14.2. The highest BCUT2D eigenvalue weighted by atomic mass is 19.4. The van der Waals surface area contributed by atoms with E-state index in [1.54, 1.807) is 6.92 Å². The Balaban J connectivity index is 1.78. The van der Waals surface area contributed by atoms with Crippen LogP contribution in [0.15, 0.2) is 0 Å². The van der Waals surface area contributed by atoms with Crippen LogP contribution in [0.5, 0.6) is 0 Å². The zero-order chi connectivity index (χ0) is 17.9. The number of alkyl halides is 3. The quantitative estimate of drug-likeness (QED) is 0.767. The molecule has 0 saturated carbocycles. The van der Waals surface area contributed by atoms with E-state index in [0.29, 0.717) is 31.1 Å². The van der Waals surface area contributed by atoms with Gasteiger partial charge in [-0.25, -0.2) is 0 Å². The van der Waals surface area contributed by atoms with E-state index in [0.717, 1.165) is 16.6 Å². The third-order valence-corrected chi connectivity index (χ3v) is 5.20. The minimum Gasteiger partial charge on any atom is -0.373 e. The monoisotopic (exact) mass is 356 g/mol.